The molecule has 1 aliphatic rings. The van der Waals surface area contributed by atoms with Gasteiger partial charge in [-0.1, -0.05) is 12.1 Å². The number of benzene rings is 1. The van der Waals surface area contributed by atoms with Crippen LogP contribution in [0.5, 0.6) is 0 Å². The van der Waals surface area contributed by atoms with E-state index in [-0.39, 0.29) is 6.04 Å². The Bertz CT molecular complexity index is 464. The van der Waals surface area contributed by atoms with Gasteiger partial charge in [-0.2, -0.15) is 5.10 Å². The molecule has 0 spiro atoms. The molecule has 1 aromatic rings. The van der Waals surface area contributed by atoms with Crippen molar-refractivity contribution in [3.63, 3.8) is 0 Å². The molecule has 1 aromatic carbocycles. The van der Waals surface area contributed by atoms with Crippen molar-refractivity contribution < 1.29 is 0 Å². The van der Waals surface area contributed by atoms with E-state index >= 15 is 0 Å². The summed E-state index contributed by atoms with van der Waals surface area (Å²) < 4.78 is 0. The molecule has 4 nitrogen and oxygen atoms in total. The van der Waals surface area contributed by atoms with Gasteiger partial charge in [-0.15, -0.1) is 0 Å². The molecule has 0 amide bonds. The van der Waals surface area contributed by atoms with Gasteiger partial charge < -0.3 is 10.2 Å². The number of anilines is 1. The van der Waals surface area contributed by atoms with Crippen LogP contribution < -0.4 is 15.6 Å². The highest BCUT2D eigenvalue weighted by atomic mass is 32.1. The maximum Gasteiger partial charge on any atom is 0.187 e. The number of rotatable bonds is 2. The zero-order valence-corrected chi connectivity index (χ0v) is 11.7. The molecule has 0 bridgehead atoms. The number of hydrogen-bond acceptors (Lipinski definition) is 3. The monoisotopic (exact) mass is 262 g/mol. The predicted octanol–water partition coefficient (Wildman–Crippen LogP) is 2.04. The Morgan fingerprint density at radius 3 is 2.56 bits per heavy atom. The van der Waals surface area contributed by atoms with Crippen LogP contribution in [0.4, 0.5) is 5.69 Å². The first-order valence-corrected chi connectivity index (χ1v) is 6.34. The highest BCUT2D eigenvalue weighted by Gasteiger charge is 2.16. The summed E-state index contributed by atoms with van der Waals surface area (Å²) in [5, 5.41) is 8.02. The van der Waals surface area contributed by atoms with Gasteiger partial charge in [0.1, 0.15) is 0 Å². The van der Waals surface area contributed by atoms with Gasteiger partial charge in [-0.05, 0) is 36.8 Å². The van der Waals surface area contributed by atoms with E-state index in [1.807, 2.05) is 21.0 Å². The van der Waals surface area contributed by atoms with Crippen LogP contribution in [-0.4, -0.2) is 24.9 Å². The zero-order chi connectivity index (χ0) is 13.1. The molecule has 1 heterocycles. The Morgan fingerprint density at radius 2 is 1.94 bits per heavy atom. The molecule has 0 saturated heterocycles. The molecule has 2 rings (SSSR count). The van der Waals surface area contributed by atoms with Gasteiger partial charge >= 0.3 is 0 Å². The molecule has 96 valence electrons. The van der Waals surface area contributed by atoms with Gasteiger partial charge in [-0.25, -0.2) is 0 Å². The van der Waals surface area contributed by atoms with Crippen molar-refractivity contribution in [1.82, 2.24) is 10.7 Å². The molecule has 0 saturated carbocycles. The Labute approximate surface area is 113 Å². The van der Waals surface area contributed by atoms with E-state index < -0.39 is 0 Å². The molecule has 0 aliphatic carbocycles. The Balaban J connectivity index is 2.19. The van der Waals surface area contributed by atoms with Gasteiger partial charge in [0, 0.05) is 31.9 Å². The molecule has 2 N–H and O–H groups in total. The normalized spacial score (nSPS) is 19.4. The van der Waals surface area contributed by atoms with Crippen LogP contribution in [0.1, 0.15) is 24.9 Å². The van der Waals surface area contributed by atoms with Crippen LogP contribution in [0.15, 0.2) is 29.4 Å². The van der Waals surface area contributed by atoms with Crippen molar-refractivity contribution in [2.45, 2.75) is 19.4 Å². The number of hydrogen-bond donors (Lipinski definition) is 2. The van der Waals surface area contributed by atoms with Gasteiger partial charge in [0.15, 0.2) is 5.11 Å². The van der Waals surface area contributed by atoms with Gasteiger partial charge in [-0.3, -0.25) is 5.43 Å². The van der Waals surface area contributed by atoms with Crippen molar-refractivity contribution in [2.75, 3.05) is 19.0 Å². The van der Waals surface area contributed by atoms with Crippen LogP contribution in [0.3, 0.4) is 0 Å². The van der Waals surface area contributed by atoms with Gasteiger partial charge in [0.25, 0.3) is 0 Å². The largest absolute Gasteiger partial charge is 0.378 e. The molecular weight excluding hydrogens is 244 g/mol. The lowest BCUT2D eigenvalue weighted by Crippen LogP contribution is -2.33. The Kier molecular flexibility index (Phi) is 3.81. The number of nitrogens with one attached hydrogen (secondary N) is 2. The quantitative estimate of drug-likeness (QED) is 0.800. The van der Waals surface area contributed by atoms with Crippen LogP contribution >= 0.6 is 12.2 Å². The molecule has 5 heteroatoms. The van der Waals surface area contributed by atoms with E-state index in [0.717, 1.165) is 12.1 Å². The maximum atomic E-state index is 5.15. The number of nitrogens with zero attached hydrogens (tertiary/aromatic N) is 2. The van der Waals surface area contributed by atoms with Gasteiger partial charge in [0.05, 0.1) is 6.04 Å². The Morgan fingerprint density at radius 1 is 1.28 bits per heavy atom. The topological polar surface area (TPSA) is 39.7 Å². The standard InChI is InChI=1S/C13H18N4S/c1-9-8-12(14-13(18)16-15-9)10-4-6-11(7-5-10)17(2)3/h4-7,12H,8H2,1-3H3,(H2,14,16,18). The fourth-order valence-corrected chi connectivity index (χ4v) is 2.12. The van der Waals surface area contributed by atoms with Gasteiger partial charge in [0.2, 0.25) is 0 Å². The van der Waals surface area contributed by atoms with Crippen molar-refractivity contribution in [2.24, 2.45) is 5.10 Å². The van der Waals surface area contributed by atoms with E-state index in [2.05, 4.69) is 45.0 Å². The first kappa shape index (κ1) is 12.8. The van der Waals surface area contributed by atoms with Crippen LogP contribution in [0.25, 0.3) is 0 Å². The fraction of sp³-hybridized carbons (Fsp3) is 0.385. The third-order valence-corrected chi connectivity index (χ3v) is 3.17. The summed E-state index contributed by atoms with van der Waals surface area (Å²) in [7, 11) is 4.07. The van der Waals surface area contributed by atoms with E-state index in [1.165, 1.54) is 11.3 Å². The molecule has 1 unspecified atom stereocenters. The van der Waals surface area contributed by atoms with E-state index in [1.54, 1.807) is 0 Å². The molecular formula is C13H18N4S. The fourth-order valence-electron chi connectivity index (χ4n) is 1.93. The first-order chi connectivity index (χ1) is 8.56. The Hall–Kier alpha value is -1.62. The lowest BCUT2D eigenvalue weighted by atomic mass is 10.0. The van der Waals surface area contributed by atoms with Crippen LogP contribution in [0, 0.1) is 0 Å². The number of thiocarbonyl (C=S) groups is 1. The SMILES string of the molecule is CC1=NNC(=S)NC(c2ccc(N(C)C)cc2)C1. The van der Waals surface area contributed by atoms with Crippen LogP contribution in [0.2, 0.25) is 0 Å². The minimum Gasteiger partial charge on any atom is -0.378 e. The molecule has 0 radical (unpaired) electrons. The van der Waals surface area contributed by atoms with Crippen molar-refractivity contribution in [1.29, 1.82) is 0 Å². The third kappa shape index (κ3) is 2.98. The summed E-state index contributed by atoms with van der Waals surface area (Å²) in [6.07, 6.45) is 0.856. The minimum absolute atomic E-state index is 0.187. The van der Waals surface area contributed by atoms with Crippen molar-refractivity contribution in [3.8, 4) is 0 Å². The lowest BCUT2D eigenvalue weighted by Gasteiger charge is -2.19. The smallest absolute Gasteiger partial charge is 0.187 e. The highest BCUT2D eigenvalue weighted by Crippen LogP contribution is 2.21. The van der Waals surface area contributed by atoms with Crippen LogP contribution in [-0.2, 0) is 0 Å². The average Bonchev–Trinajstić information content (AvgIpc) is 2.51. The summed E-state index contributed by atoms with van der Waals surface area (Å²) >= 11 is 5.15. The van der Waals surface area contributed by atoms with E-state index in [0.29, 0.717) is 5.11 Å². The molecule has 18 heavy (non-hydrogen) atoms. The molecule has 0 aromatic heterocycles. The summed E-state index contributed by atoms with van der Waals surface area (Å²) in [6.45, 7) is 2.00. The predicted molar refractivity (Wildman–Crippen MR) is 80.1 cm³/mol. The van der Waals surface area contributed by atoms with Crippen molar-refractivity contribution in [3.05, 3.63) is 29.8 Å². The highest BCUT2D eigenvalue weighted by molar-refractivity contribution is 7.80. The molecule has 1 aliphatic heterocycles. The summed E-state index contributed by atoms with van der Waals surface area (Å²) in [5.41, 5.74) is 6.29. The second-order valence-electron chi connectivity index (χ2n) is 4.68. The third-order valence-electron chi connectivity index (χ3n) is 2.97. The second kappa shape index (κ2) is 5.35. The van der Waals surface area contributed by atoms with E-state index in [9.17, 15) is 0 Å². The molecule has 1 atom stereocenters. The average molecular weight is 262 g/mol. The molecule has 0 fully saturated rings. The first-order valence-electron chi connectivity index (χ1n) is 5.93. The minimum atomic E-state index is 0.187. The maximum absolute atomic E-state index is 5.15. The summed E-state index contributed by atoms with van der Waals surface area (Å²) in [5.74, 6) is 0. The second-order valence-corrected chi connectivity index (χ2v) is 5.08. The summed E-state index contributed by atoms with van der Waals surface area (Å²) in [6, 6.07) is 8.69. The summed E-state index contributed by atoms with van der Waals surface area (Å²) in [4.78, 5) is 2.09. The number of hydrazone groups is 1. The zero-order valence-electron chi connectivity index (χ0n) is 10.9. The van der Waals surface area contributed by atoms with Crippen molar-refractivity contribution >= 4 is 28.7 Å². The lowest BCUT2D eigenvalue weighted by molar-refractivity contribution is 0.678. The van der Waals surface area contributed by atoms with E-state index in [4.69, 9.17) is 12.2 Å².